The molecule has 0 amide bonds. The molecule has 0 spiro atoms. The van der Waals surface area contributed by atoms with Crippen LogP contribution < -0.4 is 5.32 Å². The van der Waals surface area contributed by atoms with Crippen LogP contribution in [0.2, 0.25) is 0 Å². The Morgan fingerprint density at radius 2 is 2.25 bits per heavy atom. The monoisotopic (exact) mass is 288 g/mol. The molecule has 2 atom stereocenters. The summed E-state index contributed by atoms with van der Waals surface area (Å²) in [6.45, 7) is 4.10. The topological polar surface area (TPSA) is 34.2 Å². The molecule has 1 saturated heterocycles. The van der Waals surface area contributed by atoms with E-state index in [9.17, 15) is 13.2 Å². The molecule has 0 radical (unpaired) electrons. The van der Waals surface area contributed by atoms with Gasteiger partial charge in [-0.25, -0.2) is 0 Å². The lowest BCUT2D eigenvalue weighted by atomic mass is 9.91. The van der Waals surface area contributed by atoms with Crippen LogP contribution >= 0.6 is 0 Å². The van der Waals surface area contributed by atoms with Crippen LogP contribution in [-0.4, -0.2) is 24.7 Å². The number of aromatic nitrogens is 1. The first-order valence-electron chi connectivity index (χ1n) is 6.86. The Morgan fingerprint density at radius 3 is 2.75 bits per heavy atom. The highest BCUT2D eigenvalue weighted by atomic mass is 19.4. The summed E-state index contributed by atoms with van der Waals surface area (Å²) in [7, 11) is 0. The molecule has 20 heavy (non-hydrogen) atoms. The SMILES string of the molecule is CCNC(c1ccc(C(F)(F)F)cn1)C1CCCOC1. The molecule has 2 heterocycles. The van der Waals surface area contributed by atoms with Gasteiger partial charge in [0.15, 0.2) is 0 Å². The quantitative estimate of drug-likeness (QED) is 0.924. The van der Waals surface area contributed by atoms with E-state index in [1.807, 2.05) is 6.92 Å². The van der Waals surface area contributed by atoms with E-state index < -0.39 is 11.7 Å². The van der Waals surface area contributed by atoms with Crippen LogP contribution in [0.25, 0.3) is 0 Å². The van der Waals surface area contributed by atoms with Crippen LogP contribution in [0.3, 0.4) is 0 Å². The van der Waals surface area contributed by atoms with Crippen LogP contribution in [0.1, 0.15) is 37.1 Å². The van der Waals surface area contributed by atoms with E-state index in [1.165, 1.54) is 6.07 Å². The van der Waals surface area contributed by atoms with Gasteiger partial charge in [0, 0.05) is 18.7 Å². The van der Waals surface area contributed by atoms with E-state index in [1.54, 1.807) is 0 Å². The van der Waals surface area contributed by atoms with Crippen molar-refractivity contribution in [2.45, 2.75) is 32.0 Å². The first-order valence-corrected chi connectivity index (χ1v) is 6.86. The third-order valence-electron chi connectivity index (χ3n) is 3.52. The number of pyridine rings is 1. The van der Waals surface area contributed by atoms with Gasteiger partial charge in [-0.1, -0.05) is 6.92 Å². The molecule has 0 bridgehead atoms. The predicted molar refractivity (Wildman–Crippen MR) is 69.2 cm³/mol. The van der Waals surface area contributed by atoms with Crippen molar-refractivity contribution >= 4 is 0 Å². The van der Waals surface area contributed by atoms with Gasteiger partial charge in [-0.2, -0.15) is 13.2 Å². The molecule has 1 aliphatic heterocycles. The number of alkyl halides is 3. The Kier molecular flexibility index (Phi) is 4.99. The van der Waals surface area contributed by atoms with Crippen molar-refractivity contribution in [3.8, 4) is 0 Å². The molecule has 0 aliphatic carbocycles. The largest absolute Gasteiger partial charge is 0.417 e. The fourth-order valence-corrected chi connectivity index (χ4v) is 2.52. The second kappa shape index (κ2) is 6.54. The standard InChI is InChI=1S/C14H19F3N2O/c1-2-18-13(10-4-3-7-20-9-10)12-6-5-11(8-19-12)14(15,16)17/h5-6,8,10,13,18H,2-4,7,9H2,1H3. The highest BCUT2D eigenvalue weighted by Crippen LogP contribution is 2.31. The molecule has 3 nitrogen and oxygen atoms in total. The number of rotatable bonds is 4. The van der Waals surface area contributed by atoms with E-state index in [4.69, 9.17) is 4.74 Å². The third kappa shape index (κ3) is 3.70. The minimum atomic E-state index is -4.34. The Morgan fingerprint density at radius 1 is 1.45 bits per heavy atom. The van der Waals surface area contributed by atoms with Gasteiger partial charge < -0.3 is 10.1 Å². The summed E-state index contributed by atoms with van der Waals surface area (Å²) in [6.07, 6.45) is -1.45. The van der Waals surface area contributed by atoms with Crippen LogP contribution in [0.5, 0.6) is 0 Å². The van der Waals surface area contributed by atoms with Crippen molar-refractivity contribution in [2.75, 3.05) is 19.8 Å². The highest BCUT2D eigenvalue weighted by Gasteiger charge is 2.32. The number of hydrogen-bond donors (Lipinski definition) is 1. The van der Waals surface area contributed by atoms with Gasteiger partial charge in [-0.05, 0) is 31.5 Å². The molecule has 1 aromatic rings. The van der Waals surface area contributed by atoms with Gasteiger partial charge >= 0.3 is 6.18 Å². The molecule has 1 aromatic heterocycles. The summed E-state index contributed by atoms with van der Waals surface area (Å²) in [5.74, 6) is 0.257. The molecule has 112 valence electrons. The third-order valence-corrected chi connectivity index (χ3v) is 3.52. The summed E-state index contributed by atoms with van der Waals surface area (Å²) in [4.78, 5) is 4.00. The number of ether oxygens (including phenoxy) is 1. The lowest BCUT2D eigenvalue weighted by Gasteiger charge is -2.30. The number of nitrogens with zero attached hydrogens (tertiary/aromatic N) is 1. The Hall–Kier alpha value is -1.14. The average molecular weight is 288 g/mol. The maximum atomic E-state index is 12.5. The van der Waals surface area contributed by atoms with E-state index >= 15 is 0 Å². The predicted octanol–water partition coefficient (Wildman–Crippen LogP) is 3.18. The zero-order valence-electron chi connectivity index (χ0n) is 11.4. The molecule has 2 rings (SSSR count). The van der Waals surface area contributed by atoms with Gasteiger partial charge in [0.05, 0.1) is 23.9 Å². The summed E-state index contributed by atoms with van der Waals surface area (Å²) < 4.78 is 43.1. The average Bonchev–Trinajstić information content (AvgIpc) is 2.45. The van der Waals surface area contributed by atoms with Gasteiger partial charge in [0.2, 0.25) is 0 Å². The molecule has 0 saturated carbocycles. The summed E-state index contributed by atoms with van der Waals surface area (Å²) in [5.41, 5.74) is -0.0632. The van der Waals surface area contributed by atoms with E-state index in [0.717, 1.165) is 38.3 Å². The van der Waals surface area contributed by atoms with Crippen LogP contribution in [-0.2, 0) is 10.9 Å². The van der Waals surface area contributed by atoms with Gasteiger partial charge in [0.25, 0.3) is 0 Å². The normalized spacial score (nSPS) is 21.7. The molecular weight excluding hydrogens is 269 g/mol. The number of halogens is 3. The smallest absolute Gasteiger partial charge is 0.381 e. The molecule has 2 unspecified atom stereocenters. The summed E-state index contributed by atoms with van der Waals surface area (Å²) in [5, 5.41) is 3.30. The van der Waals surface area contributed by atoms with Crippen molar-refractivity contribution in [3.63, 3.8) is 0 Å². The second-order valence-corrected chi connectivity index (χ2v) is 4.98. The molecule has 1 N–H and O–H groups in total. The number of nitrogens with one attached hydrogen (secondary N) is 1. The molecular formula is C14H19F3N2O. The second-order valence-electron chi connectivity index (χ2n) is 4.98. The summed E-state index contributed by atoms with van der Waals surface area (Å²) >= 11 is 0. The summed E-state index contributed by atoms with van der Waals surface area (Å²) in [6, 6.07) is 2.50. The zero-order chi connectivity index (χ0) is 14.6. The van der Waals surface area contributed by atoms with Crippen molar-refractivity contribution in [3.05, 3.63) is 29.6 Å². The fourth-order valence-electron chi connectivity index (χ4n) is 2.52. The Balaban J connectivity index is 2.16. The Bertz CT molecular complexity index is 413. The van der Waals surface area contributed by atoms with Crippen molar-refractivity contribution in [2.24, 2.45) is 5.92 Å². The lowest BCUT2D eigenvalue weighted by Crippen LogP contribution is -2.34. The fraction of sp³-hybridized carbons (Fsp3) is 0.643. The minimum Gasteiger partial charge on any atom is -0.381 e. The Labute approximate surface area is 116 Å². The minimum absolute atomic E-state index is 0.0532. The van der Waals surface area contributed by atoms with Crippen LogP contribution in [0.4, 0.5) is 13.2 Å². The molecule has 6 heteroatoms. The van der Waals surface area contributed by atoms with Crippen molar-refractivity contribution in [1.29, 1.82) is 0 Å². The number of hydrogen-bond acceptors (Lipinski definition) is 3. The van der Waals surface area contributed by atoms with E-state index in [-0.39, 0.29) is 12.0 Å². The van der Waals surface area contributed by atoms with Gasteiger partial charge in [-0.3, -0.25) is 4.98 Å². The first kappa shape index (κ1) is 15.3. The maximum Gasteiger partial charge on any atom is 0.417 e. The molecule has 1 fully saturated rings. The van der Waals surface area contributed by atoms with Crippen molar-refractivity contribution in [1.82, 2.24) is 10.3 Å². The van der Waals surface area contributed by atoms with E-state index in [2.05, 4.69) is 10.3 Å². The van der Waals surface area contributed by atoms with Gasteiger partial charge in [0.1, 0.15) is 0 Å². The zero-order valence-corrected chi connectivity index (χ0v) is 11.4. The van der Waals surface area contributed by atoms with Gasteiger partial charge in [-0.15, -0.1) is 0 Å². The lowest BCUT2D eigenvalue weighted by molar-refractivity contribution is -0.137. The van der Waals surface area contributed by atoms with E-state index in [0.29, 0.717) is 12.3 Å². The van der Waals surface area contributed by atoms with Crippen molar-refractivity contribution < 1.29 is 17.9 Å². The maximum absolute atomic E-state index is 12.5. The first-order chi connectivity index (χ1) is 9.52. The van der Waals surface area contributed by atoms with Crippen LogP contribution in [0, 0.1) is 5.92 Å². The van der Waals surface area contributed by atoms with Crippen LogP contribution in [0.15, 0.2) is 18.3 Å². The molecule has 1 aliphatic rings. The highest BCUT2D eigenvalue weighted by molar-refractivity contribution is 5.19. The molecule has 0 aromatic carbocycles.